The summed E-state index contributed by atoms with van der Waals surface area (Å²) in [6.45, 7) is 7.93. The lowest BCUT2D eigenvalue weighted by Gasteiger charge is -2.37. The predicted molar refractivity (Wildman–Crippen MR) is 83.3 cm³/mol. The zero-order valence-corrected chi connectivity index (χ0v) is 13.6. The van der Waals surface area contributed by atoms with Gasteiger partial charge in [-0.1, -0.05) is 0 Å². The van der Waals surface area contributed by atoms with E-state index in [1.165, 1.54) is 0 Å². The molecule has 1 fully saturated rings. The van der Waals surface area contributed by atoms with Crippen molar-refractivity contribution in [3.8, 4) is 0 Å². The van der Waals surface area contributed by atoms with E-state index in [4.69, 9.17) is 0 Å². The van der Waals surface area contributed by atoms with Crippen LogP contribution in [-0.4, -0.2) is 72.2 Å². The van der Waals surface area contributed by atoms with Gasteiger partial charge in [0.1, 0.15) is 0 Å². The molecule has 1 aromatic rings. The highest BCUT2D eigenvalue weighted by Gasteiger charge is 2.22. The molecule has 1 aromatic heterocycles. The molecule has 1 aliphatic heterocycles. The first-order valence-electron chi connectivity index (χ1n) is 7.63. The van der Waals surface area contributed by atoms with Crippen LogP contribution in [0.4, 0.5) is 0 Å². The first kappa shape index (κ1) is 16.0. The maximum absolute atomic E-state index is 12.0. The van der Waals surface area contributed by atoms with Gasteiger partial charge in [0.25, 0.3) is 0 Å². The highest BCUT2D eigenvalue weighted by Crippen LogP contribution is 2.10. The zero-order valence-electron chi connectivity index (χ0n) is 13.6. The van der Waals surface area contributed by atoms with Gasteiger partial charge in [0.15, 0.2) is 0 Å². The molecule has 2 heterocycles. The van der Waals surface area contributed by atoms with Crippen LogP contribution < -0.4 is 5.32 Å². The molecule has 1 atom stereocenters. The van der Waals surface area contributed by atoms with Crippen LogP contribution in [0, 0.1) is 13.8 Å². The Kier molecular flexibility index (Phi) is 5.36. The Morgan fingerprint density at radius 1 is 1.38 bits per heavy atom. The largest absolute Gasteiger partial charge is 0.354 e. The Bertz CT molecular complexity index is 484. The van der Waals surface area contributed by atoms with Crippen LogP contribution in [0.25, 0.3) is 0 Å². The lowest BCUT2D eigenvalue weighted by atomic mass is 10.1. The third-order valence-electron chi connectivity index (χ3n) is 4.46. The molecule has 0 aliphatic carbocycles. The van der Waals surface area contributed by atoms with Gasteiger partial charge >= 0.3 is 0 Å². The average molecular weight is 293 g/mol. The van der Waals surface area contributed by atoms with Gasteiger partial charge in [0, 0.05) is 50.8 Å². The van der Waals surface area contributed by atoms with Crippen molar-refractivity contribution >= 4 is 5.91 Å². The second kappa shape index (κ2) is 7.04. The Morgan fingerprint density at radius 3 is 2.81 bits per heavy atom. The third kappa shape index (κ3) is 4.28. The Hall–Kier alpha value is -1.40. The molecular weight excluding hydrogens is 266 g/mol. The lowest BCUT2D eigenvalue weighted by Crippen LogP contribution is -2.54. The maximum atomic E-state index is 12.0. The molecule has 0 aromatic carbocycles. The normalized spacial score (nSPS) is 20.7. The number of hydrogen-bond acceptors (Lipinski definition) is 4. The van der Waals surface area contributed by atoms with Gasteiger partial charge in [-0.2, -0.15) is 5.10 Å². The molecular formula is C15H27N5O. The van der Waals surface area contributed by atoms with Crippen LogP contribution in [-0.2, 0) is 11.2 Å². The molecule has 2 N–H and O–H groups in total. The van der Waals surface area contributed by atoms with Crippen molar-refractivity contribution in [1.82, 2.24) is 25.3 Å². The number of likely N-dealkylation sites (N-methyl/N-ethyl adjacent to an activating group) is 2. The van der Waals surface area contributed by atoms with Crippen molar-refractivity contribution in [2.45, 2.75) is 32.7 Å². The van der Waals surface area contributed by atoms with E-state index in [9.17, 15) is 4.79 Å². The highest BCUT2D eigenvalue weighted by atomic mass is 16.1. The van der Waals surface area contributed by atoms with Crippen LogP contribution in [0.2, 0.25) is 0 Å². The third-order valence-corrected chi connectivity index (χ3v) is 4.46. The van der Waals surface area contributed by atoms with Crippen molar-refractivity contribution < 1.29 is 4.79 Å². The Morgan fingerprint density at radius 2 is 2.14 bits per heavy atom. The number of carbonyl (C=O) groups is 1. The van der Waals surface area contributed by atoms with Crippen molar-refractivity contribution in [3.05, 3.63) is 17.0 Å². The van der Waals surface area contributed by atoms with E-state index in [-0.39, 0.29) is 5.91 Å². The van der Waals surface area contributed by atoms with Crippen LogP contribution in [0.15, 0.2) is 0 Å². The first-order valence-corrected chi connectivity index (χ1v) is 7.63. The minimum atomic E-state index is 0.108. The van der Waals surface area contributed by atoms with E-state index in [2.05, 4.69) is 39.4 Å². The summed E-state index contributed by atoms with van der Waals surface area (Å²) in [5.74, 6) is 0.108. The fraction of sp³-hybridized carbons (Fsp3) is 0.733. The van der Waals surface area contributed by atoms with Gasteiger partial charge in [-0.15, -0.1) is 0 Å². The molecule has 21 heavy (non-hydrogen) atoms. The summed E-state index contributed by atoms with van der Waals surface area (Å²) in [6, 6.07) is 0.405. The molecule has 2 rings (SSSR count). The van der Waals surface area contributed by atoms with Crippen LogP contribution in [0.1, 0.15) is 23.4 Å². The standard InChI is InChI=1S/C15H27N5O/c1-11-12(2)17-18-14(11)5-6-15(21)16-9-13-10-19(3)7-8-20(13)4/h13H,5-10H2,1-4H3,(H,16,21)(H,17,18). The SMILES string of the molecule is Cc1[nH]nc(CCC(=O)NCC2CN(C)CCN2C)c1C. The Labute approximate surface area is 126 Å². The van der Waals surface area contributed by atoms with E-state index >= 15 is 0 Å². The number of hydrogen-bond donors (Lipinski definition) is 2. The summed E-state index contributed by atoms with van der Waals surface area (Å²) in [7, 11) is 4.25. The van der Waals surface area contributed by atoms with Crippen LogP contribution in [0.3, 0.4) is 0 Å². The summed E-state index contributed by atoms with van der Waals surface area (Å²) in [5.41, 5.74) is 3.24. The fourth-order valence-electron chi connectivity index (χ4n) is 2.65. The molecule has 1 unspecified atom stereocenters. The Balaban J connectivity index is 1.73. The number of rotatable bonds is 5. The molecule has 0 bridgehead atoms. The number of aromatic nitrogens is 2. The summed E-state index contributed by atoms with van der Waals surface area (Å²) in [6.07, 6.45) is 1.19. The van der Waals surface area contributed by atoms with E-state index in [1.807, 2.05) is 13.8 Å². The highest BCUT2D eigenvalue weighted by molar-refractivity contribution is 5.76. The number of aromatic amines is 1. The number of piperazine rings is 1. The zero-order chi connectivity index (χ0) is 15.4. The van der Waals surface area contributed by atoms with Crippen molar-refractivity contribution in [1.29, 1.82) is 0 Å². The molecule has 0 saturated carbocycles. The van der Waals surface area contributed by atoms with E-state index in [0.717, 1.165) is 43.1 Å². The summed E-state index contributed by atoms with van der Waals surface area (Å²) < 4.78 is 0. The van der Waals surface area contributed by atoms with E-state index in [0.29, 0.717) is 18.9 Å². The predicted octanol–water partition coefficient (Wildman–Crippen LogP) is 0.321. The second-order valence-corrected chi connectivity index (χ2v) is 6.12. The molecule has 1 aliphatic rings. The van der Waals surface area contributed by atoms with Crippen LogP contribution >= 0.6 is 0 Å². The average Bonchev–Trinajstić information content (AvgIpc) is 2.77. The molecule has 0 spiro atoms. The van der Waals surface area contributed by atoms with E-state index < -0.39 is 0 Å². The van der Waals surface area contributed by atoms with E-state index in [1.54, 1.807) is 0 Å². The molecule has 6 heteroatoms. The monoisotopic (exact) mass is 293 g/mol. The molecule has 1 amide bonds. The number of aryl methyl sites for hydroxylation is 2. The first-order chi connectivity index (χ1) is 9.97. The van der Waals surface area contributed by atoms with Crippen molar-refractivity contribution in [2.24, 2.45) is 0 Å². The summed E-state index contributed by atoms with van der Waals surface area (Å²) in [5, 5.41) is 10.3. The minimum absolute atomic E-state index is 0.108. The van der Waals surface area contributed by atoms with Gasteiger partial charge < -0.3 is 10.2 Å². The molecule has 6 nitrogen and oxygen atoms in total. The quantitative estimate of drug-likeness (QED) is 0.821. The van der Waals surface area contributed by atoms with Gasteiger partial charge in [0.2, 0.25) is 5.91 Å². The molecule has 0 radical (unpaired) electrons. The maximum Gasteiger partial charge on any atom is 0.220 e. The topological polar surface area (TPSA) is 64.3 Å². The number of nitrogens with one attached hydrogen (secondary N) is 2. The van der Waals surface area contributed by atoms with Crippen LogP contribution in [0.5, 0.6) is 0 Å². The molecule has 118 valence electrons. The number of amides is 1. The number of H-pyrrole nitrogens is 1. The lowest BCUT2D eigenvalue weighted by molar-refractivity contribution is -0.121. The summed E-state index contributed by atoms with van der Waals surface area (Å²) in [4.78, 5) is 16.6. The van der Waals surface area contributed by atoms with Gasteiger partial charge in [-0.3, -0.25) is 14.8 Å². The minimum Gasteiger partial charge on any atom is -0.354 e. The van der Waals surface area contributed by atoms with Crippen molar-refractivity contribution in [3.63, 3.8) is 0 Å². The molecule has 1 saturated heterocycles. The second-order valence-electron chi connectivity index (χ2n) is 6.12. The number of carbonyl (C=O) groups excluding carboxylic acids is 1. The summed E-state index contributed by atoms with van der Waals surface area (Å²) >= 11 is 0. The van der Waals surface area contributed by atoms with Gasteiger partial charge in [-0.25, -0.2) is 0 Å². The smallest absolute Gasteiger partial charge is 0.220 e. The van der Waals surface area contributed by atoms with Crippen molar-refractivity contribution in [2.75, 3.05) is 40.3 Å². The fourth-order valence-corrected chi connectivity index (χ4v) is 2.65. The van der Waals surface area contributed by atoms with Gasteiger partial charge in [-0.05, 0) is 33.5 Å². The van der Waals surface area contributed by atoms with Gasteiger partial charge in [0.05, 0.1) is 5.69 Å². The number of nitrogens with zero attached hydrogens (tertiary/aromatic N) is 3.